The summed E-state index contributed by atoms with van der Waals surface area (Å²) in [5, 5.41) is 4.10. The van der Waals surface area contributed by atoms with Crippen LogP contribution in [0.5, 0.6) is 0 Å². The monoisotopic (exact) mass is 242 g/mol. The zero-order chi connectivity index (χ0) is 10.7. The number of hydrogen-bond acceptors (Lipinski definition) is 3. The van der Waals surface area contributed by atoms with Gasteiger partial charge in [0, 0.05) is 24.5 Å². The fourth-order valence-corrected chi connectivity index (χ4v) is 1.33. The Labute approximate surface area is 98.7 Å². The Bertz CT molecular complexity index is 458. The van der Waals surface area contributed by atoms with Crippen LogP contribution in [0.1, 0.15) is 11.1 Å². The van der Waals surface area contributed by atoms with Gasteiger partial charge in [-0.25, -0.2) is 4.39 Å². The van der Waals surface area contributed by atoms with Crippen molar-refractivity contribution in [1.29, 1.82) is 0 Å². The number of nitrogens with zero attached hydrogens (tertiary/aromatic N) is 3. The van der Waals surface area contributed by atoms with Gasteiger partial charge in [0.05, 0.1) is 18.9 Å². The molecule has 0 fully saturated rings. The standard InChI is InChI=1S/C10H11FN4.ClH/c11-10-1-8(3-13-5-10)6-15-7-9(2-12)4-14-15;/h1,3-5,7H,2,6,12H2;1H. The van der Waals surface area contributed by atoms with E-state index in [1.807, 2.05) is 6.20 Å². The predicted octanol–water partition coefficient (Wildman–Crippen LogP) is 1.35. The molecule has 6 heteroatoms. The van der Waals surface area contributed by atoms with Crippen LogP contribution >= 0.6 is 12.4 Å². The van der Waals surface area contributed by atoms with Crippen molar-refractivity contribution in [2.45, 2.75) is 13.1 Å². The third kappa shape index (κ3) is 3.01. The lowest BCUT2D eigenvalue weighted by Crippen LogP contribution is -2.01. The highest BCUT2D eigenvalue weighted by molar-refractivity contribution is 5.85. The fraction of sp³-hybridized carbons (Fsp3) is 0.200. The minimum absolute atomic E-state index is 0. The van der Waals surface area contributed by atoms with Gasteiger partial charge in [-0.15, -0.1) is 12.4 Å². The van der Waals surface area contributed by atoms with E-state index < -0.39 is 0 Å². The molecule has 2 aromatic rings. The molecule has 0 spiro atoms. The van der Waals surface area contributed by atoms with Crippen LogP contribution in [0.3, 0.4) is 0 Å². The van der Waals surface area contributed by atoms with Gasteiger partial charge in [-0.1, -0.05) is 0 Å². The van der Waals surface area contributed by atoms with Gasteiger partial charge in [0.2, 0.25) is 0 Å². The minimum Gasteiger partial charge on any atom is -0.326 e. The molecule has 2 N–H and O–H groups in total. The molecule has 0 saturated heterocycles. The van der Waals surface area contributed by atoms with Crippen molar-refractivity contribution in [2.24, 2.45) is 5.73 Å². The maximum Gasteiger partial charge on any atom is 0.141 e. The van der Waals surface area contributed by atoms with Crippen LogP contribution in [0, 0.1) is 5.82 Å². The second-order valence-corrected chi connectivity index (χ2v) is 3.26. The summed E-state index contributed by atoms with van der Waals surface area (Å²) in [5.41, 5.74) is 7.19. The molecule has 2 rings (SSSR count). The molecule has 0 aliphatic carbocycles. The highest BCUT2D eigenvalue weighted by Gasteiger charge is 1.99. The summed E-state index contributed by atoms with van der Waals surface area (Å²) in [6.07, 6.45) is 6.34. The minimum atomic E-state index is -0.335. The van der Waals surface area contributed by atoms with Crippen LogP contribution in [-0.2, 0) is 13.1 Å². The summed E-state index contributed by atoms with van der Waals surface area (Å²) in [7, 11) is 0. The molecule has 0 saturated carbocycles. The third-order valence-electron chi connectivity index (χ3n) is 2.03. The molecule has 0 bridgehead atoms. The van der Waals surface area contributed by atoms with E-state index in [1.165, 1.54) is 12.3 Å². The molecule has 16 heavy (non-hydrogen) atoms. The zero-order valence-corrected chi connectivity index (χ0v) is 9.32. The van der Waals surface area contributed by atoms with Crippen molar-refractivity contribution in [3.63, 3.8) is 0 Å². The number of nitrogens with two attached hydrogens (primary N) is 1. The van der Waals surface area contributed by atoms with Crippen molar-refractivity contribution in [2.75, 3.05) is 0 Å². The van der Waals surface area contributed by atoms with Crippen LogP contribution < -0.4 is 5.73 Å². The quantitative estimate of drug-likeness (QED) is 0.884. The van der Waals surface area contributed by atoms with Gasteiger partial charge in [-0.3, -0.25) is 9.67 Å². The molecular formula is C10H12ClFN4. The fourth-order valence-electron chi connectivity index (χ4n) is 1.33. The predicted molar refractivity (Wildman–Crippen MR) is 60.7 cm³/mol. The van der Waals surface area contributed by atoms with E-state index in [1.54, 1.807) is 17.1 Å². The first-order valence-electron chi connectivity index (χ1n) is 4.59. The van der Waals surface area contributed by atoms with E-state index in [0.717, 1.165) is 11.1 Å². The van der Waals surface area contributed by atoms with Gasteiger partial charge in [0.25, 0.3) is 0 Å². The summed E-state index contributed by atoms with van der Waals surface area (Å²) in [6, 6.07) is 1.44. The lowest BCUT2D eigenvalue weighted by atomic mass is 10.3. The van der Waals surface area contributed by atoms with Gasteiger partial charge in [0.1, 0.15) is 5.82 Å². The van der Waals surface area contributed by atoms with Gasteiger partial charge >= 0.3 is 0 Å². The molecule has 0 amide bonds. The van der Waals surface area contributed by atoms with E-state index in [9.17, 15) is 4.39 Å². The van der Waals surface area contributed by atoms with Crippen molar-refractivity contribution in [1.82, 2.24) is 14.8 Å². The van der Waals surface area contributed by atoms with E-state index in [0.29, 0.717) is 13.1 Å². The molecule has 0 unspecified atom stereocenters. The highest BCUT2D eigenvalue weighted by atomic mass is 35.5. The number of hydrogen-bond donors (Lipinski definition) is 1. The smallest absolute Gasteiger partial charge is 0.141 e. The normalized spacial score (nSPS) is 9.88. The molecule has 2 heterocycles. The maximum atomic E-state index is 12.8. The third-order valence-corrected chi connectivity index (χ3v) is 2.03. The summed E-state index contributed by atoms with van der Waals surface area (Å²) < 4.78 is 14.5. The lowest BCUT2D eigenvalue weighted by molar-refractivity contribution is 0.611. The van der Waals surface area contributed by atoms with Crippen LogP contribution in [0.4, 0.5) is 4.39 Å². The molecule has 0 aliphatic heterocycles. The Kier molecular flexibility index (Phi) is 4.39. The molecule has 0 aromatic carbocycles. The van der Waals surface area contributed by atoms with E-state index in [4.69, 9.17) is 5.73 Å². The summed E-state index contributed by atoms with van der Waals surface area (Å²) in [5.74, 6) is -0.335. The van der Waals surface area contributed by atoms with Gasteiger partial charge in [-0.2, -0.15) is 5.10 Å². The topological polar surface area (TPSA) is 56.7 Å². The number of halogens is 2. The Morgan fingerprint density at radius 1 is 1.25 bits per heavy atom. The van der Waals surface area contributed by atoms with Crippen LogP contribution in [0.15, 0.2) is 30.9 Å². The molecule has 0 radical (unpaired) electrons. The Morgan fingerprint density at radius 3 is 2.69 bits per heavy atom. The van der Waals surface area contributed by atoms with Crippen molar-refractivity contribution in [3.8, 4) is 0 Å². The van der Waals surface area contributed by atoms with Crippen LogP contribution in [-0.4, -0.2) is 14.8 Å². The van der Waals surface area contributed by atoms with E-state index in [-0.39, 0.29) is 18.2 Å². The Hall–Kier alpha value is -1.46. The molecule has 86 valence electrons. The Morgan fingerprint density at radius 2 is 2.06 bits per heavy atom. The number of pyridine rings is 1. The van der Waals surface area contributed by atoms with Crippen LogP contribution in [0.25, 0.3) is 0 Å². The lowest BCUT2D eigenvalue weighted by Gasteiger charge is -2.00. The average Bonchev–Trinajstić information content (AvgIpc) is 2.65. The molecule has 4 nitrogen and oxygen atoms in total. The van der Waals surface area contributed by atoms with Gasteiger partial charge < -0.3 is 5.73 Å². The summed E-state index contributed by atoms with van der Waals surface area (Å²) >= 11 is 0. The Balaban J connectivity index is 0.00000128. The summed E-state index contributed by atoms with van der Waals surface area (Å²) in [6.45, 7) is 0.964. The number of aromatic nitrogens is 3. The first kappa shape index (κ1) is 12.6. The first-order chi connectivity index (χ1) is 7.28. The second kappa shape index (κ2) is 5.58. The van der Waals surface area contributed by atoms with Crippen molar-refractivity contribution in [3.05, 3.63) is 47.8 Å². The van der Waals surface area contributed by atoms with Gasteiger partial charge in [-0.05, 0) is 11.6 Å². The summed E-state index contributed by atoms with van der Waals surface area (Å²) in [4.78, 5) is 3.77. The first-order valence-corrected chi connectivity index (χ1v) is 4.59. The molecule has 2 aromatic heterocycles. The van der Waals surface area contributed by atoms with Crippen LogP contribution in [0.2, 0.25) is 0 Å². The van der Waals surface area contributed by atoms with E-state index in [2.05, 4.69) is 10.1 Å². The van der Waals surface area contributed by atoms with Crippen molar-refractivity contribution < 1.29 is 4.39 Å². The molecule has 0 atom stereocenters. The second-order valence-electron chi connectivity index (χ2n) is 3.26. The van der Waals surface area contributed by atoms with Crippen molar-refractivity contribution >= 4 is 12.4 Å². The van der Waals surface area contributed by atoms with E-state index >= 15 is 0 Å². The largest absolute Gasteiger partial charge is 0.326 e. The van der Waals surface area contributed by atoms with Gasteiger partial charge in [0.15, 0.2) is 0 Å². The maximum absolute atomic E-state index is 12.8. The average molecular weight is 243 g/mol. The number of rotatable bonds is 3. The highest BCUT2D eigenvalue weighted by Crippen LogP contribution is 2.04. The molecule has 0 aliphatic rings. The zero-order valence-electron chi connectivity index (χ0n) is 8.51. The molecular weight excluding hydrogens is 231 g/mol. The SMILES string of the molecule is Cl.NCc1cnn(Cc2cncc(F)c2)c1.